The second-order valence-corrected chi connectivity index (χ2v) is 7.96. The van der Waals surface area contributed by atoms with Crippen molar-refractivity contribution in [1.29, 1.82) is 0 Å². The summed E-state index contributed by atoms with van der Waals surface area (Å²) in [6, 6.07) is 0. The van der Waals surface area contributed by atoms with Crippen LogP contribution in [0.5, 0.6) is 0 Å². The van der Waals surface area contributed by atoms with E-state index in [1.165, 1.54) is 51.5 Å². The largest absolute Gasteiger partial charge is 0.303 e. The van der Waals surface area contributed by atoms with E-state index in [0.717, 1.165) is 25.3 Å². The molecule has 1 heterocycles. The maximum Gasteiger partial charge on any atom is 0.127 e. The van der Waals surface area contributed by atoms with Gasteiger partial charge in [0.05, 0.1) is 0 Å². The van der Waals surface area contributed by atoms with Crippen molar-refractivity contribution in [3.63, 3.8) is 0 Å². The van der Waals surface area contributed by atoms with Gasteiger partial charge in [-0.25, -0.2) is 0 Å². The topological polar surface area (TPSA) is 20.3 Å². The molecule has 0 spiro atoms. The van der Waals surface area contributed by atoms with Crippen molar-refractivity contribution in [3.05, 3.63) is 0 Å². The summed E-state index contributed by atoms with van der Waals surface area (Å²) in [4.78, 5) is 14.1. The molecule has 2 nitrogen and oxygen atoms in total. The van der Waals surface area contributed by atoms with Crippen LogP contribution in [0, 0.1) is 16.7 Å². The van der Waals surface area contributed by atoms with E-state index in [1.54, 1.807) is 0 Å². The Morgan fingerprint density at radius 3 is 2.37 bits per heavy atom. The zero-order valence-electron chi connectivity index (χ0n) is 13.1. The van der Waals surface area contributed by atoms with E-state index in [9.17, 15) is 4.79 Å². The number of likely N-dealkylation sites (tertiary alicyclic amines) is 1. The molecule has 0 amide bonds. The first-order valence-electron chi connectivity index (χ1n) is 8.14. The van der Waals surface area contributed by atoms with Crippen molar-refractivity contribution < 1.29 is 4.79 Å². The molecule has 0 N–H and O–H groups in total. The second kappa shape index (κ2) is 5.95. The van der Waals surface area contributed by atoms with Crippen LogP contribution in [0.3, 0.4) is 0 Å². The first-order chi connectivity index (χ1) is 8.95. The smallest absolute Gasteiger partial charge is 0.127 e. The minimum Gasteiger partial charge on any atom is -0.303 e. The van der Waals surface area contributed by atoms with Crippen LogP contribution in [0.4, 0.5) is 0 Å². The third kappa shape index (κ3) is 3.81. The summed E-state index contributed by atoms with van der Waals surface area (Å²) in [7, 11) is 0. The lowest BCUT2D eigenvalue weighted by Crippen LogP contribution is -2.38. The van der Waals surface area contributed by atoms with E-state index in [1.807, 2.05) is 0 Å². The summed E-state index contributed by atoms with van der Waals surface area (Å²) in [6.07, 6.45) is 9.97. The fourth-order valence-corrected chi connectivity index (χ4v) is 4.02. The molecule has 0 radical (unpaired) electrons. The highest BCUT2D eigenvalue weighted by molar-refractivity contribution is 5.60. The zero-order valence-corrected chi connectivity index (χ0v) is 13.1. The van der Waals surface area contributed by atoms with Gasteiger partial charge in [-0.3, -0.25) is 0 Å². The van der Waals surface area contributed by atoms with Crippen LogP contribution >= 0.6 is 0 Å². The zero-order chi connectivity index (χ0) is 13.9. The number of carbonyl (C=O) groups excluding carboxylic acids is 1. The summed E-state index contributed by atoms with van der Waals surface area (Å²) < 4.78 is 0. The molecular weight excluding hydrogens is 234 g/mol. The van der Waals surface area contributed by atoms with Crippen LogP contribution in [-0.2, 0) is 4.79 Å². The van der Waals surface area contributed by atoms with Gasteiger partial charge in [-0.05, 0) is 56.5 Å². The molecule has 0 aromatic carbocycles. The van der Waals surface area contributed by atoms with Gasteiger partial charge in [0.15, 0.2) is 0 Å². The van der Waals surface area contributed by atoms with E-state index in [-0.39, 0.29) is 5.41 Å². The van der Waals surface area contributed by atoms with Crippen LogP contribution in [0.15, 0.2) is 0 Å². The standard InChI is InChI=1S/C17H31NO/c1-16(2,3)15-7-6-11-18(12-8-15)13-17(14-19)9-4-5-10-17/h14-15H,4-13H2,1-3H3. The van der Waals surface area contributed by atoms with Crippen molar-refractivity contribution in [2.45, 2.75) is 65.7 Å². The predicted octanol–water partition coefficient (Wildman–Crippen LogP) is 3.89. The molecule has 2 fully saturated rings. The molecule has 0 aromatic heterocycles. The lowest BCUT2D eigenvalue weighted by molar-refractivity contribution is -0.117. The Morgan fingerprint density at radius 1 is 1.11 bits per heavy atom. The molecule has 2 aliphatic rings. The summed E-state index contributed by atoms with van der Waals surface area (Å²) in [5.41, 5.74) is 0.438. The molecule has 2 heteroatoms. The Kier molecular flexibility index (Phi) is 4.70. The van der Waals surface area contributed by atoms with Gasteiger partial charge in [0.25, 0.3) is 0 Å². The van der Waals surface area contributed by atoms with Gasteiger partial charge in [0, 0.05) is 12.0 Å². The molecular formula is C17H31NO. The van der Waals surface area contributed by atoms with Crippen LogP contribution in [0.1, 0.15) is 65.7 Å². The van der Waals surface area contributed by atoms with Crippen molar-refractivity contribution in [2.75, 3.05) is 19.6 Å². The van der Waals surface area contributed by atoms with E-state index < -0.39 is 0 Å². The normalized spacial score (nSPS) is 29.1. The Labute approximate surface area is 118 Å². The lowest BCUT2D eigenvalue weighted by atomic mass is 9.77. The van der Waals surface area contributed by atoms with Gasteiger partial charge in [-0.1, -0.05) is 33.6 Å². The summed E-state index contributed by atoms with van der Waals surface area (Å²) in [5, 5.41) is 0. The van der Waals surface area contributed by atoms with Crippen molar-refractivity contribution >= 4 is 6.29 Å². The Hall–Kier alpha value is -0.370. The van der Waals surface area contributed by atoms with Crippen LogP contribution in [0.25, 0.3) is 0 Å². The van der Waals surface area contributed by atoms with E-state index in [0.29, 0.717) is 5.41 Å². The monoisotopic (exact) mass is 265 g/mol. The molecule has 1 atom stereocenters. The Morgan fingerprint density at radius 2 is 1.79 bits per heavy atom. The maximum atomic E-state index is 11.5. The van der Waals surface area contributed by atoms with Crippen molar-refractivity contribution in [2.24, 2.45) is 16.7 Å². The van der Waals surface area contributed by atoms with Gasteiger partial charge in [0.1, 0.15) is 6.29 Å². The fraction of sp³-hybridized carbons (Fsp3) is 0.941. The van der Waals surface area contributed by atoms with Crippen molar-refractivity contribution in [3.8, 4) is 0 Å². The minimum atomic E-state index is 0.00156. The van der Waals surface area contributed by atoms with E-state index in [2.05, 4.69) is 25.7 Å². The van der Waals surface area contributed by atoms with Crippen LogP contribution < -0.4 is 0 Å². The van der Waals surface area contributed by atoms with Gasteiger partial charge in [0.2, 0.25) is 0 Å². The molecule has 19 heavy (non-hydrogen) atoms. The van der Waals surface area contributed by atoms with E-state index in [4.69, 9.17) is 0 Å². The molecule has 1 unspecified atom stereocenters. The van der Waals surface area contributed by atoms with Crippen LogP contribution in [-0.4, -0.2) is 30.8 Å². The highest BCUT2D eigenvalue weighted by Crippen LogP contribution is 2.39. The number of hydrogen-bond donors (Lipinski definition) is 0. The molecule has 1 saturated carbocycles. The second-order valence-electron chi connectivity index (χ2n) is 7.96. The summed E-state index contributed by atoms with van der Waals surface area (Å²) in [6.45, 7) is 10.5. The van der Waals surface area contributed by atoms with Gasteiger partial charge >= 0.3 is 0 Å². The molecule has 1 aliphatic carbocycles. The van der Waals surface area contributed by atoms with Crippen molar-refractivity contribution in [1.82, 2.24) is 4.90 Å². The van der Waals surface area contributed by atoms with Gasteiger partial charge in [-0.2, -0.15) is 0 Å². The lowest BCUT2D eigenvalue weighted by Gasteiger charge is -2.32. The quantitative estimate of drug-likeness (QED) is 0.721. The molecule has 0 aromatic rings. The first-order valence-corrected chi connectivity index (χ1v) is 8.14. The SMILES string of the molecule is CC(C)(C)C1CCCN(CC2(C=O)CCCC2)CC1. The highest BCUT2D eigenvalue weighted by Gasteiger charge is 2.36. The van der Waals surface area contributed by atoms with E-state index >= 15 is 0 Å². The third-order valence-corrected chi connectivity index (χ3v) is 5.43. The number of carbonyl (C=O) groups is 1. The average Bonchev–Trinajstić information content (AvgIpc) is 2.67. The molecule has 1 saturated heterocycles. The van der Waals surface area contributed by atoms with Crippen LogP contribution in [0.2, 0.25) is 0 Å². The molecule has 0 bridgehead atoms. The van der Waals surface area contributed by atoms with Gasteiger partial charge < -0.3 is 9.69 Å². The number of nitrogens with zero attached hydrogens (tertiary/aromatic N) is 1. The minimum absolute atomic E-state index is 0.00156. The average molecular weight is 265 g/mol. The number of hydrogen-bond acceptors (Lipinski definition) is 2. The Bertz CT molecular complexity index is 299. The molecule has 2 rings (SSSR count). The van der Waals surface area contributed by atoms with Gasteiger partial charge in [-0.15, -0.1) is 0 Å². The highest BCUT2D eigenvalue weighted by atomic mass is 16.1. The maximum absolute atomic E-state index is 11.5. The predicted molar refractivity (Wildman–Crippen MR) is 80.2 cm³/mol. The fourth-order valence-electron chi connectivity index (χ4n) is 4.02. The molecule has 110 valence electrons. The number of rotatable bonds is 3. The third-order valence-electron chi connectivity index (χ3n) is 5.43. The molecule has 1 aliphatic heterocycles. The first kappa shape index (κ1) is 15.0. The summed E-state index contributed by atoms with van der Waals surface area (Å²) >= 11 is 0. The Balaban J connectivity index is 1.91. The number of aldehydes is 1. The summed E-state index contributed by atoms with van der Waals surface area (Å²) in [5.74, 6) is 0.841.